The fourth-order valence-corrected chi connectivity index (χ4v) is 5.75. The van der Waals surface area contributed by atoms with Gasteiger partial charge in [0.1, 0.15) is 0 Å². The first-order chi connectivity index (χ1) is 8.78. The molecule has 19 heavy (non-hydrogen) atoms. The minimum atomic E-state index is -3.00. The third-order valence-corrected chi connectivity index (χ3v) is 6.91. The third kappa shape index (κ3) is 4.19. The summed E-state index contributed by atoms with van der Waals surface area (Å²) in [5.74, 6) is 0.315. The number of thioether (sulfide) groups is 1. The van der Waals surface area contributed by atoms with Gasteiger partial charge in [-0.25, -0.2) is 13.4 Å². The molecule has 0 aliphatic carbocycles. The van der Waals surface area contributed by atoms with Crippen LogP contribution in [0.25, 0.3) is 0 Å². The number of nitrogens with zero attached hydrogens (tertiary/aromatic N) is 1. The van der Waals surface area contributed by atoms with Crippen LogP contribution in [-0.4, -0.2) is 42.1 Å². The topological polar surface area (TPSA) is 76.1 Å². The molecule has 1 aromatic heterocycles. The molecule has 1 aliphatic heterocycles. The van der Waals surface area contributed by atoms with E-state index in [1.807, 2.05) is 12.3 Å². The zero-order valence-corrected chi connectivity index (χ0v) is 13.3. The molecule has 0 bridgehead atoms. The molecule has 5 nitrogen and oxygen atoms in total. The number of hydrogen-bond donors (Lipinski definition) is 1. The van der Waals surface area contributed by atoms with Gasteiger partial charge in [0.25, 0.3) is 0 Å². The number of nitrogens with one attached hydrogen (secondary N) is 1. The monoisotopic (exact) mass is 320 g/mol. The van der Waals surface area contributed by atoms with Crippen molar-refractivity contribution in [2.24, 2.45) is 0 Å². The van der Waals surface area contributed by atoms with Crippen molar-refractivity contribution in [1.82, 2.24) is 10.3 Å². The molecule has 1 saturated heterocycles. The number of rotatable bonds is 4. The van der Waals surface area contributed by atoms with Crippen LogP contribution in [0.4, 0.5) is 0 Å². The van der Waals surface area contributed by atoms with Crippen molar-refractivity contribution in [3.05, 3.63) is 11.1 Å². The van der Waals surface area contributed by atoms with Crippen LogP contribution < -0.4 is 5.32 Å². The highest BCUT2D eigenvalue weighted by molar-refractivity contribution is 8.01. The Morgan fingerprint density at radius 3 is 2.89 bits per heavy atom. The van der Waals surface area contributed by atoms with Gasteiger partial charge in [0.05, 0.1) is 22.8 Å². The second-order valence-electron chi connectivity index (χ2n) is 4.99. The third-order valence-electron chi connectivity index (χ3n) is 2.87. The Morgan fingerprint density at radius 2 is 2.37 bits per heavy atom. The minimum Gasteiger partial charge on any atom is -0.349 e. The molecule has 1 N–H and O–H groups in total. The van der Waals surface area contributed by atoms with Gasteiger partial charge in [-0.05, 0) is 20.3 Å². The Hall–Kier alpha value is -0.600. The van der Waals surface area contributed by atoms with E-state index in [-0.39, 0.29) is 23.2 Å². The normalized spacial score (nSPS) is 25.4. The van der Waals surface area contributed by atoms with Crippen molar-refractivity contribution in [1.29, 1.82) is 0 Å². The molecule has 1 fully saturated rings. The SMILES string of the molecule is Cc1csc(SCC(=O)N[C@@]2(C)CCS(=O)(=O)C2)n1. The summed E-state index contributed by atoms with van der Waals surface area (Å²) in [4.78, 5) is 16.1. The lowest BCUT2D eigenvalue weighted by molar-refractivity contribution is -0.120. The van der Waals surface area contributed by atoms with Crippen LogP contribution in [0.15, 0.2) is 9.72 Å². The van der Waals surface area contributed by atoms with Crippen LogP contribution in [-0.2, 0) is 14.6 Å². The zero-order chi connectivity index (χ0) is 14.1. The Balaban J connectivity index is 1.85. The van der Waals surface area contributed by atoms with Crippen LogP contribution in [0.5, 0.6) is 0 Å². The maximum absolute atomic E-state index is 11.8. The highest BCUT2D eigenvalue weighted by atomic mass is 32.2. The number of thiazole rings is 1. The van der Waals surface area contributed by atoms with Gasteiger partial charge in [-0.2, -0.15) is 0 Å². The van der Waals surface area contributed by atoms with E-state index < -0.39 is 15.4 Å². The van der Waals surface area contributed by atoms with Crippen molar-refractivity contribution in [3.8, 4) is 0 Å². The van der Waals surface area contributed by atoms with Crippen molar-refractivity contribution in [2.45, 2.75) is 30.1 Å². The van der Waals surface area contributed by atoms with E-state index in [9.17, 15) is 13.2 Å². The first kappa shape index (κ1) is 14.8. The molecule has 1 atom stereocenters. The lowest BCUT2D eigenvalue weighted by Gasteiger charge is -2.23. The average molecular weight is 320 g/mol. The molecule has 0 unspecified atom stereocenters. The summed E-state index contributed by atoms with van der Waals surface area (Å²) in [6, 6.07) is 0. The maximum Gasteiger partial charge on any atom is 0.230 e. The summed E-state index contributed by atoms with van der Waals surface area (Å²) in [5.41, 5.74) is 0.330. The smallest absolute Gasteiger partial charge is 0.230 e. The van der Waals surface area contributed by atoms with Crippen molar-refractivity contribution in [3.63, 3.8) is 0 Å². The molecule has 1 aromatic rings. The highest BCUT2D eigenvalue weighted by Gasteiger charge is 2.39. The second-order valence-corrected chi connectivity index (χ2v) is 9.26. The predicted molar refractivity (Wildman–Crippen MR) is 77.4 cm³/mol. The van der Waals surface area contributed by atoms with E-state index in [0.717, 1.165) is 10.0 Å². The Bertz CT molecular complexity index is 582. The van der Waals surface area contributed by atoms with E-state index in [2.05, 4.69) is 10.3 Å². The first-order valence-corrected chi connectivity index (χ1v) is 9.53. The molecular formula is C11H16N2O3S3. The van der Waals surface area contributed by atoms with Gasteiger partial charge in [-0.15, -0.1) is 11.3 Å². The fourth-order valence-electron chi connectivity index (χ4n) is 2.01. The molecule has 0 saturated carbocycles. The molecular weight excluding hydrogens is 304 g/mol. The number of carbonyl (C=O) groups is 1. The van der Waals surface area contributed by atoms with Crippen molar-refractivity contribution in [2.75, 3.05) is 17.3 Å². The lowest BCUT2D eigenvalue weighted by atomic mass is 10.0. The van der Waals surface area contributed by atoms with Gasteiger partial charge < -0.3 is 5.32 Å². The largest absolute Gasteiger partial charge is 0.349 e. The summed E-state index contributed by atoms with van der Waals surface area (Å²) < 4.78 is 23.7. The lowest BCUT2D eigenvalue weighted by Crippen LogP contribution is -2.47. The van der Waals surface area contributed by atoms with E-state index in [1.54, 1.807) is 6.92 Å². The van der Waals surface area contributed by atoms with Gasteiger partial charge in [0, 0.05) is 11.1 Å². The molecule has 106 valence electrons. The molecule has 1 amide bonds. The number of aryl methyl sites for hydroxylation is 1. The molecule has 8 heteroatoms. The predicted octanol–water partition coefficient (Wildman–Crippen LogP) is 1.24. The molecule has 2 heterocycles. The summed E-state index contributed by atoms with van der Waals surface area (Å²) >= 11 is 2.89. The number of hydrogen-bond acceptors (Lipinski definition) is 6. The van der Waals surface area contributed by atoms with Crippen LogP contribution >= 0.6 is 23.1 Å². The number of sulfone groups is 1. The van der Waals surface area contributed by atoms with Crippen molar-refractivity contribution >= 4 is 38.8 Å². The molecule has 0 aromatic carbocycles. The summed E-state index contributed by atoms with van der Waals surface area (Å²) in [5, 5.41) is 4.76. The number of carbonyl (C=O) groups excluding carboxylic acids is 1. The van der Waals surface area contributed by atoms with Crippen LogP contribution in [0.2, 0.25) is 0 Å². The second kappa shape index (κ2) is 5.41. The summed E-state index contributed by atoms with van der Waals surface area (Å²) in [6.07, 6.45) is 0.488. The zero-order valence-electron chi connectivity index (χ0n) is 10.8. The highest BCUT2D eigenvalue weighted by Crippen LogP contribution is 2.25. The Kier molecular flexibility index (Phi) is 4.22. The Labute approximate surface area is 121 Å². The standard InChI is InChI=1S/C11H16N2O3S3/c1-8-5-17-10(12-8)18-6-9(14)13-11(2)3-4-19(15,16)7-11/h5H,3-4,6-7H2,1-2H3,(H,13,14)/t11-/m0/s1. The first-order valence-electron chi connectivity index (χ1n) is 5.84. The fraction of sp³-hybridized carbons (Fsp3) is 0.636. The average Bonchev–Trinajstić information content (AvgIpc) is 2.80. The van der Waals surface area contributed by atoms with Gasteiger partial charge >= 0.3 is 0 Å². The van der Waals surface area contributed by atoms with Gasteiger partial charge in [-0.3, -0.25) is 4.79 Å². The molecule has 0 spiro atoms. The van der Waals surface area contributed by atoms with E-state index in [1.165, 1.54) is 23.1 Å². The summed E-state index contributed by atoms with van der Waals surface area (Å²) in [7, 11) is -3.00. The summed E-state index contributed by atoms with van der Waals surface area (Å²) in [6.45, 7) is 3.69. The van der Waals surface area contributed by atoms with Crippen molar-refractivity contribution < 1.29 is 13.2 Å². The van der Waals surface area contributed by atoms with Gasteiger partial charge in [0.2, 0.25) is 5.91 Å². The molecule has 1 aliphatic rings. The van der Waals surface area contributed by atoms with E-state index >= 15 is 0 Å². The van der Waals surface area contributed by atoms with E-state index in [4.69, 9.17) is 0 Å². The number of aromatic nitrogens is 1. The van der Waals surface area contributed by atoms with Gasteiger partial charge in [-0.1, -0.05) is 11.8 Å². The van der Waals surface area contributed by atoms with E-state index in [0.29, 0.717) is 6.42 Å². The van der Waals surface area contributed by atoms with Crippen LogP contribution in [0.3, 0.4) is 0 Å². The maximum atomic E-state index is 11.8. The molecule has 2 rings (SSSR count). The van der Waals surface area contributed by atoms with Gasteiger partial charge in [0.15, 0.2) is 14.2 Å². The molecule has 0 radical (unpaired) electrons. The van der Waals surface area contributed by atoms with Crippen LogP contribution in [0.1, 0.15) is 19.0 Å². The number of amides is 1. The minimum absolute atomic E-state index is 0.0345. The Morgan fingerprint density at radius 1 is 1.63 bits per heavy atom. The quantitative estimate of drug-likeness (QED) is 0.845. The van der Waals surface area contributed by atoms with Crippen LogP contribution in [0, 0.1) is 6.92 Å².